The molecule has 0 bridgehead atoms. The molecule has 0 aliphatic rings. The number of benzene rings is 1. The number of rotatable bonds is 6. The van der Waals surface area contributed by atoms with Gasteiger partial charge in [0.1, 0.15) is 18.1 Å². The highest BCUT2D eigenvalue weighted by atomic mass is 35.5. The third-order valence-electron chi connectivity index (χ3n) is 3.36. The summed E-state index contributed by atoms with van der Waals surface area (Å²) >= 11 is 11.9. The van der Waals surface area contributed by atoms with Gasteiger partial charge in [0.15, 0.2) is 5.76 Å². The van der Waals surface area contributed by atoms with E-state index in [9.17, 15) is 4.79 Å². The van der Waals surface area contributed by atoms with E-state index in [0.29, 0.717) is 28.1 Å². The average molecular weight is 380 g/mol. The van der Waals surface area contributed by atoms with Crippen molar-refractivity contribution in [2.75, 3.05) is 0 Å². The number of aromatic nitrogens is 2. The Kier molecular flexibility index (Phi) is 5.31. The van der Waals surface area contributed by atoms with Gasteiger partial charge in [-0.15, -0.1) is 0 Å². The Hall–Kier alpha value is -2.44. The SMILES string of the molecule is Cn1cc(CNC(=O)c2ccc(COc3ccc(Cl)cc3Cl)o2)cn1. The van der Waals surface area contributed by atoms with Gasteiger partial charge in [-0.25, -0.2) is 0 Å². The minimum atomic E-state index is -0.306. The molecule has 0 radical (unpaired) electrons. The second-order valence-electron chi connectivity index (χ2n) is 5.33. The largest absolute Gasteiger partial charge is 0.484 e. The van der Waals surface area contributed by atoms with Crippen LogP contribution in [-0.4, -0.2) is 15.7 Å². The summed E-state index contributed by atoms with van der Waals surface area (Å²) in [5.41, 5.74) is 0.906. The lowest BCUT2D eigenvalue weighted by Gasteiger charge is -2.06. The molecule has 0 aliphatic heterocycles. The molecule has 0 atom stereocenters. The molecule has 0 aliphatic carbocycles. The highest BCUT2D eigenvalue weighted by Gasteiger charge is 2.12. The number of hydrogen-bond donors (Lipinski definition) is 1. The van der Waals surface area contributed by atoms with E-state index in [1.54, 1.807) is 41.2 Å². The molecule has 130 valence electrons. The molecule has 0 spiro atoms. The topological polar surface area (TPSA) is 69.3 Å². The van der Waals surface area contributed by atoms with E-state index in [4.69, 9.17) is 32.4 Å². The van der Waals surface area contributed by atoms with Crippen LogP contribution in [0.25, 0.3) is 0 Å². The molecule has 8 heteroatoms. The molecule has 2 heterocycles. The molecule has 2 aromatic heterocycles. The van der Waals surface area contributed by atoms with E-state index in [2.05, 4.69) is 10.4 Å². The molecule has 1 aromatic carbocycles. The molecule has 0 saturated carbocycles. The van der Waals surface area contributed by atoms with Crippen LogP contribution >= 0.6 is 23.2 Å². The maximum Gasteiger partial charge on any atom is 0.287 e. The lowest BCUT2D eigenvalue weighted by Crippen LogP contribution is -2.22. The molecule has 1 amide bonds. The van der Waals surface area contributed by atoms with Gasteiger partial charge in [0.2, 0.25) is 0 Å². The van der Waals surface area contributed by atoms with E-state index in [1.807, 2.05) is 13.2 Å². The molecule has 0 fully saturated rings. The van der Waals surface area contributed by atoms with Crippen molar-refractivity contribution in [3.05, 3.63) is 69.9 Å². The van der Waals surface area contributed by atoms with Crippen molar-refractivity contribution in [2.45, 2.75) is 13.2 Å². The zero-order chi connectivity index (χ0) is 17.8. The highest BCUT2D eigenvalue weighted by Crippen LogP contribution is 2.28. The van der Waals surface area contributed by atoms with Crippen LogP contribution in [0, 0.1) is 0 Å². The zero-order valence-corrected chi connectivity index (χ0v) is 14.8. The Balaban J connectivity index is 1.55. The highest BCUT2D eigenvalue weighted by molar-refractivity contribution is 6.35. The molecular formula is C17H15Cl2N3O3. The normalized spacial score (nSPS) is 10.7. The number of nitrogens with one attached hydrogen (secondary N) is 1. The van der Waals surface area contributed by atoms with Crippen molar-refractivity contribution in [3.63, 3.8) is 0 Å². The second-order valence-corrected chi connectivity index (χ2v) is 6.18. The molecule has 3 aromatic rings. The van der Waals surface area contributed by atoms with Crippen molar-refractivity contribution in [3.8, 4) is 5.75 Å². The van der Waals surface area contributed by atoms with Gasteiger partial charge in [0.05, 0.1) is 11.2 Å². The molecule has 3 rings (SSSR count). The summed E-state index contributed by atoms with van der Waals surface area (Å²) < 4.78 is 12.7. The Morgan fingerprint density at radius 3 is 2.88 bits per heavy atom. The van der Waals surface area contributed by atoms with Crippen LogP contribution in [0.1, 0.15) is 21.9 Å². The molecule has 25 heavy (non-hydrogen) atoms. The van der Waals surface area contributed by atoms with Crippen LogP contribution in [0.3, 0.4) is 0 Å². The first kappa shape index (κ1) is 17.4. The summed E-state index contributed by atoms with van der Waals surface area (Å²) in [4.78, 5) is 12.1. The maximum atomic E-state index is 12.1. The van der Waals surface area contributed by atoms with E-state index in [1.165, 1.54) is 0 Å². The Labute approximate surface area is 154 Å². The molecule has 6 nitrogen and oxygen atoms in total. The third kappa shape index (κ3) is 4.55. The first-order valence-corrected chi connectivity index (χ1v) is 8.19. The number of hydrogen-bond acceptors (Lipinski definition) is 4. The van der Waals surface area contributed by atoms with Crippen molar-refractivity contribution in [1.29, 1.82) is 0 Å². The fourth-order valence-corrected chi connectivity index (χ4v) is 2.61. The van der Waals surface area contributed by atoms with Crippen LogP contribution < -0.4 is 10.1 Å². The molecule has 0 unspecified atom stereocenters. The first-order valence-electron chi connectivity index (χ1n) is 7.43. The summed E-state index contributed by atoms with van der Waals surface area (Å²) in [5.74, 6) is 0.909. The van der Waals surface area contributed by atoms with Crippen molar-refractivity contribution >= 4 is 29.1 Å². The number of carbonyl (C=O) groups excluding carboxylic acids is 1. The van der Waals surface area contributed by atoms with E-state index in [0.717, 1.165) is 5.56 Å². The van der Waals surface area contributed by atoms with E-state index in [-0.39, 0.29) is 18.3 Å². The number of amides is 1. The van der Waals surface area contributed by atoms with Crippen LogP contribution in [0.2, 0.25) is 10.0 Å². The van der Waals surface area contributed by atoms with Crippen LogP contribution in [0.15, 0.2) is 47.1 Å². The average Bonchev–Trinajstić information content (AvgIpc) is 3.21. The fraction of sp³-hybridized carbons (Fsp3) is 0.176. The standard InChI is InChI=1S/C17H15Cl2N3O3/c1-22-9-11(8-21-22)7-20-17(23)16-5-3-13(25-16)10-24-15-4-2-12(18)6-14(15)19/h2-6,8-9H,7,10H2,1H3,(H,20,23). The maximum absolute atomic E-state index is 12.1. The predicted molar refractivity (Wildman–Crippen MR) is 93.9 cm³/mol. The molecular weight excluding hydrogens is 365 g/mol. The van der Waals surface area contributed by atoms with Gasteiger partial charge >= 0.3 is 0 Å². The van der Waals surface area contributed by atoms with Crippen LogP contribution in [0.5, 0.6) is 5.75 Å². The van der Waals surface area contributed by atoms with Gasteiger partial charge in [-0.1, -0.05) is 23.2 Å². The van der Waals surface area contributed by atoms with Gasteiger partial charge in [-0.05, 0) is 30.3 Å². The van der Waals surface area contributed by atoms with Crippen molar-refractivity contribution in [2.24, 2.45) is 7.05 Å². The lowest BCUT2D eigenvalue weighted by atomic mass is 10.3. The number of nitrogens with zero attached hydrogens (tertiary/aromatic N) is 2. The summed E-state index contributed by atoms with van der Waals surface area (Å²) in [5, 5.41) is 7.75. The minimum absolute atomic E-state index is 0.150. The Morgan fingerprint density at radius 2 is 2.16 bits per heavy atom. The summed E-state index contributed by atoms with van der Waals surface area (Å²) in [6, 6.07) is 8.23. The summed E-state index contributed by atoms with van der Waals surface area (Å²) in [6.45, 7) is 0.525. The fourth-order valence-electron chi connectivity index (χ4n) is 2.15. The monoisotopic (exact) mass is 379 g/mol. The van der Waals surface area contributed by atoms with Gasteiger partial charge in [-0.2, -0.15) is 5.10 Å². The van der Waals surface area contributed by atoms with E-state index < -0.39 is 0 Å². The van der Waals surface area contributed by atoms with Gasteiger partial charge in [0.25, 0.3) is 5.91 Å². The van der Waals surface area contributed by atoms with Crippen LogP contribution in [-0.2, 0) is 20.2 Å². The predicted octanol–water partition coefficient (Wildman–Crippen LogP) is 3.83. The number of halogens is 2. The first-order chi connectivity index (χ1) is 12.0. The number of furan rings is 1. The Bertz CT molecular complexity index is 889. The van der Waals surface area contributed by atoms with Crippen LogP contribution in [0.4, 0.5) is 0 Å². The quantitative estimate of drug-likeness (QED) is 0.706. The second kappa shape index (κ2) is 7.63. The van der Waals surface area contributed by atoms with Gasteiger partial charge in [0, 0.05) is 30.4 Å². The number of carbonyl (C=O) groups is 1. The zero-order valence-electron chi connectivity index (χ0n) is 13.3. The lowest BCUT2D eigenvalue weighted by molar-refractivity contribution is 0.0919. The number of ether oxygens (including phenoxy) is 1. The number of aryl methyl sites for hydroxylation is 1. The van der Waals surface area contributed by atoms with Gasteiger partial charge in [-0.3, -0.25) is 9.48 Å². The summed E-state index contributed by atoms with van der Waals surface area (Å²) in [7, 11) is 1.82. The van der Waals surface area contributed by atoms with E-state index >= 15 is 0 Å². The molecule has 0 saturated heterocycles. The van der Waals surface area contributed by atoms with Crippen molar-refractivity contribution < 1.29 is 13.9 Å². The third-order valence-corrected chi connectivity index (χ3v) is 3.89. The van der Waals surface area contributed by atoms with Gasteiger partial charge < -0.3 is 14.5 Å². The molecule has 1 N–H and O–H groups in total. The minimum Gasteiger partial charge on any atom is -0.484 e. The summed E-state index contributed by atoms with van der Waals surface area (Å²) in [6.07, 6.45) is 3.52. The van der Waals surface area contributed by atoms with Crippen molar-refractivity contribution in [1.82, 2.24) is 15.1 Å². The Morgan fingerprint density at radius 1 is 1.32 bits per heavy atom. The smallest absolute Gasteiger partial charge is 0.287 e.